The second kappa shape index (κ2) is 4.91. The van der Waals surface area contributed by atoms with Crippen molar-refractivity contribution in [1.82, 2.24) is 4.40 Å². The van der Waals surface area contributed by atoms with Crippen molar-refractivity contribution in [3.05, 3.63) is 35.5 Å². The summed E-state index contributed by atoms with van der Waals surface area (Å²) in [6, 6.07) is 4.76. The molecule has 2 radical (unpaired) electrons. The molecule has 0 atom stereocenters. The number of pyridine rings is 1. The molecule has 0 amide bonds. The second-order valence-electron chi connectivity index (χ2n) is 4.52. The summed E-state index contributed by atoms with van der Waals surface area (Å²) >= 11 is 0.310. The molecule has 0 fully saturated rings. The molecule has 1 aliphatic heterocycles. The molecule has 2 aromatic heterocycles. The molecule has 2 aromatic rings. The van der Waals surface area contributed by atoms with Gasteiger partial charge in [-0.3, -0.25) is 0 Å². The monoisotopic (exact) mass is 305 g/mol. The average molecular weight is 305 g/mol. The Kier molecular flexibility index (Phi) is 3.32. The summed E-state index contributed by atoms with van der Waals surface area (Å²) in [7, 11) is 5.89. The third kappa shape index (κ3) is 2.35. The number of nitrogens with zero attached hydrogens (tertiary/aromatic N) is 1. The fourth-order valence-electron chi connectivity index (χ4n) is 2.23. The largest absolute Gasteiger partial charge is 0.462 e. The van der Waals surface area contributed by atoms with Crippen molar-refractivity contribution in [3.8, 4) is 0 Å². The predicted molar refractivity (Wildman–Crippen MR) is 78.6 cm³/mol. The Hall–Kier alpha value is -1.76. The van der Waals surface area contributed by atoms with Gasteiger partial charge in [-0.25, -0.2) is 4.79 Å². The Balaban J connectivity index is 2.32. The molecule has 106 valence electrons. The highest BCUT2D eigenvalue weighted by atomic mass is 32.2. The highest BCUT2D eigenvalue weighted by molar-refractivity contribution is 8.00. The lowest BCUT2D eigenvalue weighted by Crippen LogP contribution is -2.10. The lowest BCUT2D eigenvalue weighted by Gasteiger charge is -2.11. The fourth-order valence-corrected chi connectivity index (χ4v) is 3.17. The first kappa shape index (κ1) is 14.2. The predicted octanol–water partition coefficient (Wildman–Crippen LogP) is 2.62. The van der Waals surface area contributed by atoms with Gasteiger partial charge in [0.25, 0.3) is 0 Å². The van der Waals surface area contributed by atoms with E-state index in [1.165, 1.54) is 12.1 Å². The van der Waals surface area contributed by atoms with Gasteiger partial charge in [0.15, 0.2) is 0 Å². The normalized spacial score (nSPS) is 16.0. The standard InChI is InChI=1S/C14H10BF2NO2S/c1-2-20-13(19)9-7-11-10(15)4-3-8-5-6-14(16,17)21-12(9)18(8)11/h3-7H,2H2,1H3. The Morgan fingerprint density at radius 2 is 2.24 bits per heavy atom. The van der Waals surface area contributed by atoms with E-state index in [0.29, 0.717) is 28.4 Å². The van der Waals surface area contributed by atoms with Crippen LogP contribution >= 0.6 is 11.8 Å². The van der Waals surface area contributed by atoms with E-state index >= 15 is 0 Å². The molecule has 3 heterocycles. The van der Waals surface area contributed by atoms with Crippen molar-refractivity contribution < 1.29 is 18.3 Å². The number of carbonyl (C=O) groups excluding carboxylic acids is 1. The van der Waals surface area contributed by atoms with Crippen LogP contribution in [-0.4, -0.2) is 30.1 Å². The van der Waals surface area contributed by atoms with Crippen LogP contribution in [-0.2, 0) is 4.74 Å². The number of thioether (sulfide) groups is 1. The van der Waals surface area contributed by atoms with Crippen LogP contribution in [0.2, 0.25) is 0 Å². The number of hydrogen-bond acceptors (Lipinski definition) is 3. The number of hydrogen-bond donors (Lipinski definition) is 0. The van der Waals surface area contributed by atoms with Crippen LogP contribution in [0.4, 0.5) is 8.78 Å². The molecule has 3 nitrogen and oxygen atoms in total. The number of carbonyl (C=O) groups is 1. The number of rotatable bonds is 2. The van der Waals surface area contributed by atoms with Gasteiger partial charge in [0.05, 0.1) is 12.2 Å². The van der Waals surface area contributed by atoms with E-state index in [-0.39, 0.29) is 17.2 Å². The van der Waals surface area contributed by atoms with Crippen LogP contribution in [0.15, 0.2) is 29.3 Å². The van der Waals surface area contributed by atoms with Crippen molar-refractivity contribution >= 4 is 42.6 Å². The SMILES string of the molecule is [B]c1ccc2n3c(c(C(=O)OCC)cc13)SC(F)(F)C=C2. The first-order valence-electron chi connectivity index (χ1n) is 6.30. The maximum absolute atomic E-state index is 13.8. The summed E-state index contributed by atoms with van der Waals surface area (Å²) in [6.07, 6.45) is 2.13. The Morgan fingerprint density at radius 1 is 1.48 bits per heavy atom. The third-order valence-corrected chi connectivity index (χ3v) is 4.12. The Labute approximate surface area is 125 Å². The van der Waals surface area contributed by atoms with E-state index in [1.807, 2.05) is 0 Å². The van der Waals surface area contributed by atoms with E-state index in [9.17, 15) is 13.6 Å². The molecule has 7 heteroatoms. The summed E-state index contributed by atoms with van der Waals surface area (Å²) in [5.74, 6) is -0.633. The maximum atomic E-state index is 13.8. The van der Waals surface area contributed by atoms with Gasteiger partial charge in [0.2, 0.25) is 0 Å². The smallest absolute Gasteiger partial charge is 0.340 e. The Morgan fingerprint density at radius 3 is 2.95 bits per heavy atom. The van der Waals surface area contributed by atoms with Gasteiger partial charge in [-0.1, -0.05) is 11.5 Å². The Bertz CT molecular complexity index is 770. The van der Waals surface area contributed by atoms with Crippen LogP contribution < -0.4 is 5.46 Å². The minimum Gasteiger partial charge on any atom is -0.462 e. The van der Waals surface area contributed by atoms with E-state index in [0.717, 1.165) is 6.08 Å². The van der Waals surface area contributed by atoms with E-state index in [4.69, 9.17) is 12.6 Å². The molecule has 0 saturated heterocycles. The van der Waals surface area contributed by atoms with Crippen molar-refractivity contribution in [2.75, 3.05) is 6.61 Å². The minimum atomic E-state index is -3.11. The van der Waals surface area contributed by atoms with Crippen LogP contribution in [0.5, 0.6) is 0 Å². The molecule has 0 aliphatic carbocycles. The van der Waals surface area contributed by atoms with Gasteiger partial charge < -0.3 is 9.14 Å². The quantitative estimate of drug-likeness (QED) is 0.631. The lowest BCUT2D eigenvalue weighted by molar-refractivity contribution is 0.0522. The first-order chi connectivity index (χ1) is 9.93. The van der Waals surface area contributed by atoms with Crippen LogP contribution in [0.1, 0.15) is 23.0 Å². The van der Waals surface area contributed by atoms with Crippen molar-refractivity contribution in [1.29, 1.82) is 0 Å². The second-order valence-corrected chi connectivity index (χ2v) is 5.65. The molecule has 0 saturated carbocycles. The zero-order valence-corrected chi connectivity index (χ0v) is 11.9. The molecule has 21 heavy (non-hydrogen) atoms. The highest BCUT2D eigenvalue weighted by Gasteiger charge is 2.34. The molecular weight excluding hydrogens is 295 g/mol. The first-order valence-corrected chi connectivity index (χ1v) is 7.11. The van der Waals surface area contributed by atoms with Crippen molar-refractivity contribution in [3.63, 3.8) is 0 Å². The van der Waals surface area contributed by atoms with Gasteiger partial charge in [-0.15, -0.1) is 0 Å². The van der Waals surface area contributed by atoms with Crippen molar-refractivity contribution in [2.24, 2.45) is 0 Å². The van der Waals surface area contributed by atoms with E-state index in [1.54, 1.807) is 23.5 Å². The third-order valence-electron chi connectivity index (χ3n) is 3.12. The van der Waals surface area contributed by atoms with Crippen LogP contribution in [0, 0.1) is 0 Å². The molecule has 0 bridgehead atoms. The van der Waals surface area contributed by atoms with Crippen molar-refractivity contribution in [2.45, 2.75) is 17.2 Å². The fraction of sp³-hybridized carbons (Fsp3) is 0.214. The minimum absolute atomic E-state index is 0.101. The number of alkyl halides is 2. The number of esters is 1. The molecule has 0 aromatic carbocycles. The van der Waals surface area contributed by atoms with E-state index < -0.39 is 11.2 Å². The zero-order valence-electron chi connectivity index (χ0n) is 11.1. The van der Waals surface area contributed by atoms with E-state index in [2.05, 4.69) is 0 Å². The lowest BCUT2D eigenvalue weighted by atomic mass is 9.95. The summed E-state index contributed by atoms with van der Waals surface area (Å²) in [4.78, 5) is 12.0. The summed E-state index contributed by atoms with van der Waals surface area (Å²) in [5.41, 5.74) is 1.56. The molecule has 0 spiro atoms. The number of aromatic nitrogens is 1. The van der Waals surface area contributed by atoms with Crippen LogP contribution in [0.3, 0.4) is 0 Å². The number of ether oxygens (including phenoxy) is 1. The molecular formula is C14H10BF2NO2S. The summed E-state index contributed by atoms with van der Waals surface area (Å²) in [5, 5.41) is -2.97. The molecule has 1 aliphatic rings. The van der Waals surface area contributed by atoms with Gasteiger partial charge in [-0.05, 0) is 43.0 Å². The average Bonchev–Trinajstić information content (AvgIpc) is 2.72. The topological polar surface area (TPSA) is 30.7 Å². The number of halogens is 2. The van der Waals surface area contributed by atoms with Gasteiger partial charge in [0.1, 0.15) is 12.9 Å². The molecule has 3 rings (SSSR count). The molecule has 0 N–H and O–H groups in total. The van der Waals surface area contributed by atoms with Gasteiger partial charge in [0, 0.05) is 11.2 Å². The zero-order chi connectivity index (χ0) is 15.2. The van der Waals surface area contributed by atoms with Gasteiger partial charge >= 0.3 is 11.2 Å². The molecule has 0 unspecified atom stereocenters. The summed E-state index contributed by atoms with van der Waals surface area (Å²) < 4.78 is 34.2. The van der Waals surface area contributed by atoms with Gasteiger partial charge in [-0.2, -0.15) is 8.78 Å². The maximum Gasteiger partial charge on any atom is 0.340 e. The highest BCUT2D eigenvalue weighted by Crippen LogP contribution is 2.42. The van der Waals surface area contributed by atoms with Crippen LogP contribution in [0.25, 0.3) is 11.6 Å². The summed E-state index contributed by atoms with van der Waals surface area (Å²) in [6.45, 7) is 1.83.